The Morgan fingerprint density at radius 2 is 1.77 bits per heavy atom. The van der Waals surface area contributed by atoms with E-state index in [0.29, 0.717) is 33.9 Å². The van der Waals surface area contributed by atoms with Gasteiger partial charge < -0.3 is 9.73 Å². The zero-order chi connectivity index (χ0) is 16.0. The minimum Gasteiger partial charge on any atom is -0.466 e. The summed E-state index contributed by atoms with van der Waals surface area (Å²) in [5.41, 5.74) is 1.54. The number of hydrogen-bond donors (Lipinski definition) is 1. The summed E-state index contributed by atoms with van der Waals surface area (Å²) in [5, 5.41) is 2.71. The molecule has 0 radical (unpaired) electrons. The number of hydrogen-bond acceptors (Lipinski definition) is 4. The Bertz CT molecular complexity index is 820. The molecule has 3 rings (SSSR count). The molecular weight excluding hydrogens is 284 g/mol. The Labute approximate surface area is 126 Å². The monoisotopic (exact) mass is 298 g/mol. The van der Waals surface area contributed by atoms with Crippen molar-refractivity contribution in [1.29, 1.82) is 0 Å². The molecule has 1 N–H and O–H groups in total. The summed E-state index contributed by atoms with van der Waals surface area (Å²) >= 11 is 0. The number of amides is 3. The second-order valence-electron chi connectivity index (χ2n) is 5.21. The standard InChI is InChI=1S/C16H14N2O4/c1-8-6-12(9(2)22-8)14(19)17-10-4-5-11-13(7-10)16(21)18(3)15(11)20/h4-7H,1-3H3,(H,17,19). The highest BCUT2D eigenvalue weighted by molar-refractivity contribution is 6.21. The fourth-order valence-electron chi connectivity index (χ4n) is 2.49. The van der Waals surface area contributed by atoms with Gasteiger partial charge in [-0.05, 0) is 38.1 Å². The van der Waals surface area contributed by atoms with Crippen molar-refractivity contribution in [3.05, 3.63) is 52.5 Å². The van der Waals surface area contributed by atoms with Crippen molar-refractivity contribution in [3.63, 3.8) is 0 Å². The zero-order valence-corrected chi connectivity index (χ0v) is 12.4. The van der Waals surface area contributed by atoms with Gasteiger partial charge >= 0.3 is 0 Å². The van der Waals surface area contributed by atoms with Gasteiger partial charge in [-0.2, -0.15) is 0 Å². The number of nitrogens with zero attached hydrogens (tertiary/aromatic N) is 1. The predicted molar refractivity (Wildman–Crippen MR) is 79.0 cm³/mol. The molecule has 0 atom stereocenters. The molecule has 0 saturated heterocycles. The Balaban J connectivity index is 1.89. The maximum atomic E-state index is 12.2. The average Bonchev–Trinajstić information content (AvgIpc) is 2.92. The topological polar surface area (TPSA) is 79.6 Å². The quantitative estimate of drug-likeness (QED) is 0.863. The maximum Gasteiger partial charge on any atom is 0.261 e. The largest absolute Gasteiger partial charge is 0.466 e. The molecule has 1 aliphatic heterocycles. The molecule has 6 nitrogen and oxygen atoms in total. The van der Waals surface area contributed by atoms with Gasteiger partial charge in [0.25, 0.3) is 17.7 Å². The number of benzene rings is 1. The van der Waals surface area contributed by atoms with E-state index in [-0.39, 0.29) is 17.7 Å². The van der Waals surface area contributed by atoms with Gasteiger partial charge in [-0.25, -0.2) is 0 Å². The number of carbonyl (C=O) groups is 3. The minimum absolute atomic E-state index is 0.297. The Hall–Kier alpha value is -2.89. The summed E-state index contributed by atoms with van der Waals surface area (Å²) in [6.45, 7) is 3.47. The van der Waals surface area contributed by atoms with Gasteiger partial charge in [-0.15, -0.1) is 0 Å². The molecule has 0 unspecified atom stereocenters. The van der Waals surface area contributed by atoms with Crippen LogP contribution in [0.4, 0.5) is 5.69 Å². The highest BCUT2D eigenvalue weighted by Crippen LogP contribution is 2.25. The molecule has 2 heterocycles. The molecule has 1 aromatic heterocycles. The molecular formula is C16H14N2O4. The number of anilines is 1. The lowest BCUT2D eigenvalue weighted by atomic mass is 10.1. The van der Waals surface area contributed by atoms with Crippen LogP contribution in [0.15, 0.2) is 28.7 Å². The van der Waals surface area contributed by atoms with E-state index in [4.69, 9.17) is 4.42 Å². The van der Waals surface area contributed by atoms with Crippen molar-refractivity contribution in [2.45, 2.75) is 13.8 Å². The number of fused-ring (bicyclic) bond motifs is 1. The molecule has 1 aromatic carbocycles. The van der Waals surface area contributed by atoms with Crippen molar-refractivity contribution in [2.24, 2.45) is 0 Å². The van der Waals surface area contributed by atoms with Crippen LogP contribution >= 0.6 is 0 Å². The van der Waals surface area contributed by atoms with Gasteiger partial charge in [0.15, 0.2) is 0 Å². The summed E-state index contributed by atoms with van der Waals surface area (Å²) in [5.74, 6) is 0.159. The molecule has 1 aliphatic rings. The average molecular weight is 298 g/mol. The molecule has 3 amide bonds. The third-order valence-corrected chi connectivity index (χ3v) is 3.63. The van der Waals surface area contributed by atoms with Crippen LogP contribution in [0.3, 0.4) is 0 Å². The summed E-state index contributed by atoms with van der Waals surface area (Å²) in [6.07, 6.45) is 0. The maximum absolute atomic E-state index is 12.2. The van der Waals surface area contributed by atoms with Gasteiger partial charge in [0.1, 0.15) is 11.5 Å². The van der Waals surface area contributed by atoms with E-state index in [1.807, 2.05) is 0 Å². The van der Waals surface area contributed by atoms with E-state index in [1.165, 1.54) is 13.1 Å². The lowest BCUT2D eigenvalue weighted by molar-refractivity contribution is 0.0692. The second-order valence-corrected chi connectivity index (χ2v) is 5.21. The lowest BCUT2D eigenvalue weighted by Crippen LogP contribution is -2.24. The molecule has 6 heteroatoms. The Kier molecular flexibility index (Phi) is 3.09. The van der Waals surface area contributed by atoms with Crippen molar-refractivity contribution >= 4 is 23.4 Å². The molecule has 0 spiro atoms. The van der Waals surface area contributed by atoms with E-state index in [0.717, 1.165) is 4.90 Å². The smallest absolute Gasteiger partial charge is 0.261 e. The number of imide groups is 1. The summed E-state index contributed by atoms with van der Waals surface area (Å²) in [4.78, 5) is 37.0. The minimum atomic E-state index is -0.369. The first-order valence-electron chi connectivity index (χ1n) is 6.73. The van der Waals surface area contributed by atoms with Crippen molar-refractivity contribution in [2.75, 3.05) is 12.4 Å². The van der Waals surface area contributed by atoms with Crippen LogP contribution in [0.25, 0.3) is 0 Å². The van der Waals surface area contributed by atoms with Gasteiger partial charge in [0.2, 0.25) is 0 Å². The molecule has 2 aromatic rings. The van der Waals surface area contributed by atoms with Gasteiger partial charge in [0, 0.05) is 12.7 Å². The van der Waals surface area contributed by atoms with Crippen LogP contribution < -0.4 is 5.32 Å². The molecule has 0 fully saturated rings. The predicted octanol–water partition coefficient (Wildman–Crippen LogP) is 2.37. The third-order valence-electron chi connectivity index (χ3n) is 3.63. The lowest BCUT2D eigenvalue weighted by Gasteiger charge is -2.05. The van der Waals surface area contributed by atoms with Crippen LogP contribution in [-0.4, -0.2) is 29.7 Å². The Morgan fingerprint density at radius 3 is 2.41 bits per heavy atom. The molecule has 0 bridgehead atoms. The molecule has 0 aliphatic carbocycles. The fourth-order valence-corrected chi connectivity index (χ4v) is 2.49. The highest BCUT2D eigenvalue weighted by Gasteiger charge is 2.32. The van der Waals surface area contributed by atoms with E-state index in [9.17, 15) is 14.4 Å². The number of aryl methyl sites for hydroxylation is 2. The van der Waals surface area contributed by atoms with Gasteiger partial charge in [-0.1, -0.05) is 0 Å². The number of carbonyl (C=O) groups excluding carboxylic acids is 3. The zero-order valence-electron chi connectivity index (χ0n) is 12.4. The summed E-state index contributed by atoms with van der Waals surface area (Å²) in [7, 11) is 1.43. The first-order chi connectivity index (χ1) is 10.4. The molecule has 112 valence electrons. The van der Waals surface area contributed by atoms with Crippen LogP contribution in [0.5, 0.6) is 0 Å². The number of rotatable bonds is 2. The first kappa shape index (κ1) is 14.1. The van der Waals surface area contributed by atoms with E-state index < -0.39 is 0 Å². The Morgan fingerprint density at radius 1 is 1.09 bits per heavy atom. The number of nitrogens with one attached hydrogen (secondary N) is 1. The van der Waals surface area contributed by atoms with Crippen molar-refractivity contribution in [3.8, 4) is 0 Å². The van der Waals surface area contributed by atoms with Gasteiger partial charge in [0.05, 0.1) is 16.7 Å². The van der Waals surface area contributed by atoms with Crippen LogP contribution in [0, 0.1) is 13.8 Å². The summed E-state index contributed by atoms with van der Waals surface area (Å²) < 4.78 is 5.33. The molecule has 0 saturated carbocycles. The van der Waals surface area contributed by atoms with Crippen molar-refractivity contribution in [1.82, 2.24) is 4.90 Å². The van der Waals surface area contributed by atoms with Crippen LogP contribution in [0.1, 0.15) is 42.6 Å². The summed E-state index contributed by atoms with van der Waals surface area (Å²) in [6, 6.07) is 6.31. The first-order valence-corrected chi connectivity index (χ1v) is 6.73. The third kappa shape index (κ3) is 2.09. The van der Waals surface area contributed by atoms with Crippen LogP contribution in [0.2, 0.25) is 0 Å². The fraction of sp³-hybridized carbons (Fsp3) is 0.188. The normalized spacial score (nSPS) is 13.5. The SMILES string of the molecule is Cc1cc(C(=O)Nc2ccc3c(c2)C(=O)N(C)C3=O)c(C)o1. The van der Waals surface area contributed by atoms with Crippen LogP contribution in [-0.2, 0) is 0 Å². The second kappa shape index (κ2) is 4.84. The number of furan rings is 1. The van der Waals surface area contributed by atoms with E-state index >= 15 is 0 Å². The van der Waals surface area contributed by atoms with Crippen molar-refractivity contribution < 1.29 is 18.8 Å². The highest BCUT2D eigenvalue weighted by atomic mass is 16.3. The van der Waals surface area contributed by atoms with Gasteiger partial charge in [-0.3, -0.25) is 19.3 Å². The molecule has 22 heavy (non-hydrogen) atoms. The van der Waals surface area contributed by atoms with E-state index in [2.05, 4.69) is 5.32 Å². The van der Waals surface area contributed by atoms with E-state index in [1.54, 1.807) is 32.0 Å².